The highest BCUT2D eigenvalue weighted by Crippen LogP contribution is 2.15. The molecular weight excluding hydrogens is 437 g/mol. The number of nitrogens with zero attached hydrogens (tertiary/aromatic N) is 3. The highest BCUT2D eigenvalue weighted by atomic mass is 127. The van der Waals surface area contributed by atoms with Gasteiger partial charge in [0.25, 0.3) is 5.69 Å². The third-order valence-corrected chi connectivity index (χ3v) is 3.94. The summed E-state index contributed by atoms with van der Waals surface area (Å²) < 4.78 is 5.40. The number of rotatable bonds is 7. The van der Waals surface area contributed by atoms with E-state index in [4.69, 9.17) is 4.74 Å². The van der Waals surface area contributed by atoms with E-state index in [1.807, 2.05) is 7.05 Å². The van der Waals surface area contributed by atoms with E-state index in [1.54, 1.807) is 19.2 Å². The first-order chi connectivity index (χ1) is 11.6. The second-order valence-electron chi connectivity index (χ2n) is 5.81. The number of aliphatic imine (C=N–C) groups is 1. The van der Waals surface area contributed by atoms with E-state index in [1.165, 1.54) is 12.1 Å². The molecule has 0 radical (unpaired) electrons. The molecule has 2 N–H and O–H groups in total. The van der Waals surface area contributed by atoms with Gasteiger partial charge in [-0.3, -0.25) is 15.1 Å². The summed E-state index contributed by atoms with van der Waals surface area (Å²) in [5, 5.41) is 17.1. The number of nitrogens with one attached hydrogen (secondary N) is 2. The molecule has 1 fully saturated rings. The molecule has 9 heteroatoms. The van der Waals surface area contributed by atoms with Gasteiger partial charge in [-0.15, -0.1) is 24.0 Å². The molecule has 1 unspecified atom stereocenters. The molecule has 0 saturated carbocycles. The second-order valence-corrected chi connectivity index (χ2v) is 5.81. The minimum absolute atomic E-state index is 0. The van der Waals surface area contributed by atoms with Gasteiger partial charge in [0.1, 0.15) is 0 Å². The van der Waals surface area contributed by atoms with Crippen molar-refractivity contribution in [1.82, 2.24) is 10.2 Å². The third kappa shape index (κ3) is 7.02. The Bertz CT molecular complexity index is 561. The minimum Gasteiger partial charge on any atom is -0.383 e. The van der Waals surface area contributed by atoms with Crippen LogP contribution < -0.4 is 10.6 Å². The van der Waals surface area contributed by atoms with E-state index in [0.717, 1.165) is 37.8 Å². The molecule has 1 aliphatic heterocycles. The summed E-state index contributed by atoms with van der Waals surface area (Å²) >= 11 is 0. The Balaban J connectivity index is 0.00000312. The number of nitro groups is 1. The molecule has 0 aromatic heterocycles. The van der Waals surface area contributed by atoms with Crippen molar-refractivity contribution in [3.8, 4) is 0 Å². The molecule has 1 aromatic carbocycles. The van der Waals surface area contributed by atoms with Crippen molar-refractivity contribution in [3.63, 3.8) is 0 Å². The first-order valence-corrected chi connectivity index (χ1v) is 8.08. The lowest BCUT2D eigenvalue weighted by atomic mass is 10.1. The molecule has 1 saturated heterocycles. The van der Waals surface area contributed by atoms with Crippen LogP contribution in [0.2, 0.25) is 0 Å². The summed E-state index contributed by atoms with van der Waals surface area (Å²) in [6.45, 7) is 3.99. The zero-order chi connectivity index (χ0) is 17.4. The summed E-state index contributed by atoms with van der Waals surface area (Å²) in [5.74, 6) is 1.42. The number of non-ortho nitro benzene ring substituents is 1. The topological polar surface area (TPSA) is 92.0 Å². The fraction of sp³-hybridized carbons (Fsp3) is 0.562. The van der Waals surface area contributed by atoms with Gasteiger partial charge in [0.2, 0.25) is 0 Å². The molecule has 25 heavy (non-hydrogen) atoms. The summed E-state index contributed by atoms with van der Waals surface area (Å²) in [6, 6.07) is 6.40. The van der Waals surface area contributed by atoms with Crippen LogP contribution in [-0.2, 0) is 4.74 Å². The van der Waals surface area contributed by atoms with Gasteiger partial charge in [-0.1, -0.05) is 0 Å². The van der Waals surface area contributed by atoms with E-state index in [9.17, 15) is 10.1 Å². The van der Waals surface area contributed by atoms with Crippen molar-refractivity contribution >= 4 is 41.3 Å². The normalized spacial score (nSPS) is 16.9. The number of halogens is 1. The maximum Gasteiger partial charge on any atom is 0.269 e. The smallest absolute Gasteiger partial charge is 0.269 e. The predicted octanol–water partition coefficient (Wildman–Crippen LogP) is 2.17. The highest BCUT2D eigenvalue weighted by Gasteiger charge is 2.18. The fourth-order valence-electron chi connectivity index (χ4n) is 2.67. The van der Waals surface area contributed by atoms with Crippen LogP contribution in [0.5, 0.6) is 0 Å². The zero-order valence-electron chi connectivity index (χ0n) is 14.6. The third-order valence-electron chi connectivity index (χ3n) is 3.94. The van der Waals surface area contributed by atoms with Gasteiger partial charge in [-0.05, 0) is 18.6 Å². The molecule has 140 valence electrons. The lowest BCUT2D eigenvalue weighted by Crippen LogP contribution is -2.43. The summed E-state index contributed by atoms with van der Waals surface area (Å²) in [4.78, 5) is 16.6. The molecule has 1 aliphatic rings. The molecule has 1 aromatic rings. The standard InChI is InChI=1S/C16H25N5O3.HI/c1-17-16(20(2)11-13-7-10-24-12-13)19-9-8-18-14-3-5-15(6-4-14)21(22)23;/h3-6,13,18H,7-12H2,1-2H3,(H,17,19);1H. The number of guanidine groups is 1. The Morgan fingerprint density at radius 3 is 2.68 bits per heavy atom. The van der Waals surface area contributed by atoms with Crippen molar-refractivity contribution in [2.75, 3.05) is 52.3 Å². The SMILES string of the molecule is CN=C(NCCNc1ccc([N+](=O)[O-])cc1)N(C)CC1CCOC1.I. The van der Waals surface area contributed by atoms with Gasteiger partial charge >= 0.3 is 0 Å². The molecule has 0 aliphatic carbocycles. The van der Waals surface area contributed by atoms with Crippen molar-refractivity contribution in [2.24, 2.45) is 10.9 Å². The van der Waals surface area contributed by atoms with Gasteiger partial charge in [0, 0.05) is 64.1 Å². The summed E-state index contributed by atoms with van der Waals surface area (Å²) in [6.07, 6.45) is 1.10. The number of hydrogen-bond donors (Lipinski definition) is 2. The molecule has 8 nitrogen and oxygen atoms in total. The van der Waals surface area contributed by atoms with Gasteiger partial charge in [-0.25, -0.2) is 0 Å². The lowest BCUT2D eigenvalue weighted by molar-refractivity contribution is -0.384. The van der Waals surface area contributed by atoms with Crippen molar-refractivity contribution in [3.05, 3.63) is 34.4 Å². The number of ether oxygens (including phenoxy) is 1. The Morgan fingerprint density at radius 1 is 1.40 bits per heavy atom. The maximum absolute atomic E-state index is 10.6. The quantitative estimate of drug-likeness (QED) is 0.161. The van der Waals surface area contributed by atoms with Crippen LogP contribution in [0.15, 0.2) is 29.3 Å². The fourth-order valence-corrected chi connectivity index (χ4v) is 2.67. The average molecular weight is 463 g/mol. The Hall–Kier alpha value is -1.62. The summed E-state index contributed by atoms with van der Waals surface area (Å²) in [7, 11) is 3.80. The van der Waals surface area contributed by atoms with Crippen LogP contribution in [0, 0.1) is 16.0 Å². The average Bonchev–Trinajstić information content (AvgIpc) is 3.08. The molecule has 2 rings (SSSR count). The van der Waals surface area contributed by atoms with Crippen LogP contribution in [0.4, 0.5) is 11.4 Å². The predicted molar refractivity (Wildman–Crippen MR) is 110 cm³/mol. The van der Waals surface area contributed by atoms with Crippen LogP contribution >= 0.6 is 24.0 Å². The Morgan fingerprint density at radius 2 is 2.12 bits per heavy atom. The van der Waals surface area contributed by atoms with Crippen molar-refractivity contribution in [1.29, 1.82) is 0 Å². The number of anilines is 1. The van der Waals surface area contributed by atoms with Crippen LogP contribution in [0.3, 0.4) is 0 Å². The van der Waals surface area contributed by atoms with Crippen molar-refractivity contribution < 1.29 is 9.66 Å². The molecule has 0 amide bonds. The summed E-state index contributed by atoms with van der Waals surface area (Å²) in [5.41, 5.74) is 0.949. The minimum atomic E-state index is -0.402. The molecule has 0 spiro atoms. The zero-order valence-corrected chi connectivity index (χ0v) is 16.9. The lowest BCUT2D eigenvalue weighted by Gasteiger charge is -2.24. The van der Waals surface area contributed by atoms with E-state index in [0.29, 0.717) is 19.0 Å². The van der Waals surface area contributed by atoms with E-state index in [2.05, 4.69) is 20.5 Å². The van der Waals surface area contributed by atoms with E-state index >= 15 is 0 Å². The van der Waals surface area contributed by atoms with Gasteiger partial charge in [0.15, 0.2) is 5.96 Å². The first-order valence-electron chi connectivity index (χ1n) is 8.08. The number of nitro benzene ring substituents is 1. The van der Waals surface area contributed by atoms with Crippen molar-refractivity contribution in [2.45, 2.75) is 6.42 Å². The van der Waals surface area contributed by atoms with E-state index < -0.39 is 4.92 Å². The highest BCUT2D eigenvalue weighted by molar-refractivity contribution is 14.0. The van der Waals surface area contributed by atoms with Crippen LogP contribution in [0.25, 0.3) is 0 Å². The molecule has 0 bridgehead atoms. The molecule has 1 heterocycles. The van der Waals surface area contributed by atoms with Crippen LogP contribution in [0.1, 0.15) is 6.42 Å². The number of hydrogen-bond acceptors (Lipinski definition) is 5. The van der Waals surface area contributed by atoms with E-state index in [-0.39, 0.29) is 29.7 Å². The maximum atomic E-state index is 10.6. The van der Waals surface area contributed by atoms with Gasteiger partial charge in [0.05, 0.1) is 11.5 Å². The first kappa shape index (κ1) is 21.4. The molecular formula is C16H26IN5O3. The largest absolute Gasteiger partial charge is 0.383 e. The Kier molecular flexibility index (Phi) is 9.50. The van der Waals surface area contributed by atoms with Crippen LogP contribution in [-0.4, -0.2) is 62.7 Å². The Labute approximate surface area is 165 Å². The van der Waals surface area contributed by atoms with Gasteiger partial charge in [-0.2, -0.15) is 0 Å². The monoisotopic (exact) mass is 463 g/mol. The molecule has 1 atom stereocenters. The number of benzene rings is 1. The second kappa shape index (κ2) is 11.1. The van der Waals surface area contributed by atoms with Gasteiger partial charge < -0.3 is 20.3 Å².